The van der Waals surface area contributed by atoms with Gasteiger partial charge in [0.05, 0.1) is 6.07 Å². The summed E-state index contributed by atoms with van der Waals surface area (Å²) in [6.45, 7) is 7.03. The fourth-order valence-corrected chi connectivity index (χ4v) is 3.21. The zero-order valence-electron chi connectivity index (χ0n) is 15.7. The van der Waals surface area contributed by atoms with Crippen LogP contribution >= 0.6 is 0 Å². The first-order valence-corrected chi connectivity index (χ1v) is 9.55. The Hall–Kier alpha value is -2.55. The molecule has 0 unspecified atom stereocenters. The van der Waals surface area contributed by atoms with Gasteiger partial charge in [-0.1, -0.05) is 30.3 Å². The van der Waals surface area contributed by atoms with Crippen LogP contribution in [0, 0.1) is 11.3 Å². The van der Waals surface area contributed by atoms with Crippen molar-refractivity contribution in [2.45, 2.75) is 13.0 Å². The Morgan fingerprint density at radius 2 is 1.48 bits per heavy atom. The third-order valence-corrected chi connectivity index (χ3v) is 4.67. The van der Waals surface area contributed by atoms with Crippen LogP contribution in [0.1, 0.15) is 12.0 Å². The smallest absolute Gasteiger partial charge is 0.122 e. The number of benzene rings is 2. The molecule has 0 aliphatic carbocycles. The summed E-state index contributed by atoms with van der Waals surface area (Å²) < 4.78 is 11.5. The standard InChI is InChI=1S/C22H27N3O2/c23-10-5-11-24-12-14-25(15-13-24)19-20-6-4-9-22(18-20)27-17-16-26-21-7-2-1-3-8-21/h1-4,6-9,18H,5,11-17,19H2. The number of para-hydroxylation sites is 1. The van der Waals surface area contributed by atoms with Crippen molar-refractivity contribution in [1.82, 2.24) is 9.80 Å². The van der Waals surface area contributed by atoms with Gasteiger partial charge in [0.15, 0.2) is 0 Å². The molecule has 2 aromatic rings. The molecule has 0 saturated carbocycles. The Morgan fingerprint density at radius 1 is 0.815 bits per heavy atom. The van der Waals surface area contributed by atoms with Crippen LogP contribution in [0.5, 0.6) is 11.5 Å². The molecular formula is C22H27N3O2. The van der Waals surface area contributed by atoms with E-state index in [1.807, 2.05) is 42.5 Å². The van der Waals surface area contributed by atoms with Gasteiger partial charge >= 0.3 is 0 Å². The average molecular weight is 365 g/mol. The molecule has 0 N–H and O–H groups in total. The first-order chi connectivity index (χ1) is 13.3. The van der Waals surface area contributed by atoms with Gasteiger partial charge in [-0.2, -0.15) is 5.26 Å². The lowest BCUT2D eigenvalue weighted by atomic mass is 10.2. The topological polar surface area (TPSA) is 48.7 Å². The maximum Gasteiger partial charge on any atom is 0.122 e. The van der Waals surface area contributed by atoms with Crippen LogP contribution < -0.4 is 9.47 Å². The number of hydrogen-bond acceptors (Lipinski definition) is 5. The summed E-state index contributed by atoms with van der Waals surface area (Å²) in [5.41, 5.74) is 1.27. The van der Waals surface area contributed by atoms with Crippen molar-refractivity contribution < 1.29 is 9.47 Å². The van der Waals surface area contributed by atoms with Crippen molar-refractivity contribution in [3.8, 4) is 17.6 Å². The predicted octanol–water partition coefficient (Wildman–Crippen LogP) is 3.18. The largest absolute Gasteiger partial charge is 0.490 e. The van der Waals surface area contributed by atoms with Crippen LogP contribution in [-0.2, 0) is 6.54 Å². The van der Waals surface area contributed by atoms with E-state index in [0.717, 1.165) is 50.8 Å². The second kappa shape index (κ2) is 10.6. The molecule has 1 aliphatic rings. The van der Waals surface area contributed by atoms with E-state index in [1.165, 1.54) is 5.56 Å². The van der Waals surface area contributed by atoms with Crippen molar-refractivity contribution in [2.75, 3.05) is 45.9 Å². The van der Waals surface area contributed by atoms with Gasteiger partial charge in [0.2, 0.25) is 0 Å². The van der Waals surface area contributed by atoms with Gasteiger partial charge in [-0.15, -0.1) is 0 Å². The normalized spacial score (nSPS) is 15.2. The Morgan fingerprint density at radius 3 is 2.22 bits per heavy atom. The SMILES string of the molecule is N#CCCN1CCN(Cc2cccc(OCCOc3ccccc3)c2)CC1. The maximum atomic E-state index is 8.70. The zero-order valence-corrected chi connectivity index (χ0v) is 15.7. The fourth-order valence-electron chi connectivity index (χ4n) is 3.21. The molecule has 5 nitrogen and oxygen atoms in total. The van der Waals surface area contributed by atoms with Crippen LogP contribution in [0.3, 0.4) is 0 Å². The lowest BCUT2D eigenvalue weighted by Crippen LogP contribution is -2.46. The molecule has 1 heterocycles. The highest BCUT2D eigenvalue weighted by molar-refractivity contribution is 5.28. The van der Waals surface area contributed by atoms with E-state index in [2.05, 4.69) is 28.0 Å². The Labute approximate surface area is 161 Å². The van der Waals surface area contributed by atoms with E-state index < -0.39 is 0 Å². The summed E-state index contributed by atoms with van der Waals surface area (Å²) >= 11 is 0. The average Bonchev–Trinajstić information content (AvgIpc) is 2.72. The van der Waals surface area contributed by atoms with E-state index in [4.69, 9.17) is 14.7 Å². The van der Waals surface area contributed by atoms with Crippen LogP contribution in [-0.4, -0.2) is 55.7 Å². The molecule has 0 atom stereocenters. The second-order valence-corrected chi connectivity index (χ2v) is 6.68. The molecular weight excluding hydrogens is 338 g/mol. The number of piperazine rings is 1. The lowest BCUT2D eigenvalue weighted by molar-refractivity contribution is 0.129. The van der Waals surface area contributed by atoms with Gasteiger partial charge in [-0.3, -0.25) is 9.80 Å². The molecule has 0 aromatic heterocycles. The molecule has 2 aromatic carbocycles. The van der Waals surface area contributed by atoms with E-state index >= 15 is 0 Å². The van der Waals surface area contributed by atoms with E-state index in [0.29, 0.717) is 19.6 Å². The molecule has 5 heteroatoms. The van der Waals surface area contributed by atoms with Crippen molar-refractivity contribution in [3.05, 3.63) is 60.2 Å². The highest BCUT2D eigenvalue weighted by Gasteiger charge is 2.16. The number of hydrogen-bond donors (Lipinski definition) is 0. The van der Waals surface area contributed by atoms with Gasteiger partial charge < -0.3 is 9.47 Å². The van der Waals surface area contributed by atoms with Crippen molar-refractivity contribution in [2.24, 2.45) is 0 Å². The van der Waals surface area contributed by atoms with Crippen LogP contribution in [0.15, 0.2) is 54.6 Å². The summed E-state index contributed by atoms with van der Waals surface area (Å²) in [7, 11) is 0. The Kier molecular flexibility index (Phi) is 7.52. The molecule has 27 heavy (non-hydrogen) atoms. The minimum absolute atomic E-state index is 0.524. The summed E-state index contributed by atoms with van der Waals surface area (Å²) in [6, 6.07) is 20.3. The van der Waals surface area contributed by atoms with E-state index in [-0.39, 0.29) is 0 Å². The van der Waals surface area contributed by atoms with Gasteiger partial charge in [0.25, 0.3) is 0 Å². The zero-order chi connectivity index (χ0) is 18.7. The molecule has 1 aliphatic heterocycles. The van der Waals surface area contributed by atoms with Gasteiger partial charge in [0.1, 0.15) is 24.7 Å². The molecule has 0 spiro atoms. The van der Waals surface area contributed by atoms with Gasteiger partial charge in [0, 0.05) is 45.7 Å². The molecule has 0 amide bonds. The number of rotatable bonds is 9. The van der Waals surface area contributed by atoms with Crippen molar-refractivity contribution >= 4 is 0 Å². The third kappa shape index (κ3) is 6.59. The van der Waals surface area contributed by atoms with E-state index in [9.17, 15) is 0 Å². The quantitative estimate of drug-likeness (QED) is 0.639. The van der Waals surface area contributed by atoms with Gasteiger partial charge in [-0.25, -0.2) is 0 Å². The summed E-state index contributed by atoms with van der Waals surface area (Å²) in [5, 5.41) is 8.70. The second-order valence-electron chi connectivity index (χ2n) is 6.68. The molecule has 1 saturated heterocycles. The number of nitrogens with zero attached hydrogens (tertiary/aromatic N) is 3. The third-order valence-electron chi connectivity index (χ3n) is 4.67. The summed E-state index contributed by atoms with van der Waals surface area (Å²) in [4.78, 5) is 4.83. The predicted molar refractivity (Wildman–Crippen MR) is 106 cm³/mol. The molecule has 0 bridgehead atoms. The summed E-state index contributed by atoms with van der Waals surface area (Å²) in [6.07, 6.45) is 0.618. The van der Waals surface area contributed by atoms with Crippen molar-refractivity contribution in [1.29, 1.82) is 5.26 Å². The minimum atomic E-state index is 0.524. The van der Waals surface area contributed by atoms with Crippen LogP contribution in [0.4, 0.5) is 0 Å². The minimum Gasteiger partial charge on any atom is -0.490 e. The fraction of sp³-hybridized carbons (Fsp3) is 0.409. The highest BCUT2D eigenvalue weighted by atomic mass is 16.5. The maximum absolute atomic E-state index is 8.70. The van der Waals surface area contributed by atoms with Crippen LogP contribution in [0.2, 0.25) is 0 Å². The van der Waals surface area contributed by atoms with Crippen molar-refractivity contribution in [3.63, 3.8) is 0 Å². The van der Waals surface area contributed by atoms with E-state index in [1.54, 1.807) is 0 Å². The number of ether oxygens (including phenoxy) is 2. The highest BCUT2D eigenvalue weighted by Crippen LogP contribution is 2.16. The first kappa shape index (κ1) is 19.2. The number of nitriles is 1. The molecule has 142 valence electrons. The molecule has 3 rings (SSSR count). The van der Waals surface area contributed by atoms with Crippen LogP contribution in [0.25, 0.3) is 0 Å². The first-order valence-electron chi connectivity index (χ1n) is 9.55. The Bertz CT molecular complexity index is 722. The monoisotopic (exact) mass is 365 g/mol. The van der Waals surface area contributed by atoms with Gasteiger partial charge in [-0.05, 0) is 29.8 Å². The molecule has 1 fully saturated rings. The lowest BCUT2D eigenvalue weighted by Gasteiger charge is -2.34. The Balaban J connectivity index is 1.39. The molecule has 0 radical (unpaired) electrons. The summed E-state index contributed by atoms with van der Waals surface area (Å²) in [5.74, 6) is 1.75.